The van der Waals surface area contributed by atoms with Crippen LogP contribution < -0.4 is 11.1 Å². The summed E-state index contributed by atoms with van der Waals surface area (Å²) < 4.78 is 0. The van der Waals surface area contributed by atoms with Gasteiger partial charge in [0.05, 0.1) is 18.3 Å². The van der Waals surface area contributed by atoms with Crippen LogP contribution in [0.2, 0.25) is 0 Å². The van der Waals surface area contributed by atoms with Crippen molar-refractivity contribution < 1.29 is 4.79 Å². The molecule has 1 aliphatic rings. The number of nitrogens with two attached hydrogens (primary N) is 1. The largest absolute Gasteiger partial charge is 0.397 e. The average Bonchev–Trinajstić information content (AvgIpc) is 2.78. The van der Waals surface area contributed by atoms with E-state index in [0.717, 1.165) is 12.2 Å². The van der Waals surface area contributed by atoms with E-state index in [9.17, 15) is 4.79 Å². The second-order valence-corrected chi connectivity index (χ2v) is 5.55. The van der Waals surface area contributed by atoms with Crippen molar-refractivity contribution in [1.82, 2.24) is 10.3 Å². The summed E-state index contributed by atoms with van der Waals surface area (Å²) in [6.45, 7) is 3.03. The fourth-order valence-electron chi connectivity index (χ4n) is 2.48. The van der Waals surface area contributed by atoms with Crippen LogP contribution in [0.1, 0.15) is 38.3 Å². The van der Waals surface area contributed by atoms with Gasteiger partial charge in [-0.25, -0.2) is 0 Å². The van der Waals surface area contributed by atoms with Gasteiger partial charge in [-0.2, -0.15) is 0 Å². The minimum Gasteiger partial charge on any atom is -0.397 e. The van der Waals surface area contributed by atoms with Crippen molar-refractivity contribution in [2.45, 2.75) is 39.0 Å². The van der Waals surface area contributed by atoms with Crippen molar-refractivity contribution in [3.63, 3.8) is 0 Å². The molecule has 3 N–H and O–H groups in total. The van der Waals surface area contributed by atoms with Crippen LogP contribution in [0.15, 0.2) is 18.3 Å². The zero-order chi connectivity index (χ0) is 13.0. The third-order valence-electron chi connectivity index (χ3n) is 3.71. The Balaban J connectivity index is 0.00000180. The van der Waals surface area contributed by atoms with Gasteiger partial charge >= 0.3 is 0 Å². The Morgan fingerprint density at radius 2 is 2.11 bits per heavy atom. The number of hydrogen-bond acceptors (Lipinski definition) is 3. The van der Waals surface area contributed by atoms with Crippen molar-refractivity contribution in [3.8, 4) is 0 Å². The molecule has 0 unspecified atom stereocenters. The number of nitrogens with zero attached hydrogens (tertiary/aromatic N) is 1. The predicted octanol–water partition coefficient (Wildman–Crippen LogP) is 2.32. The smallest absolute Gasteiger partial charge is 0.226 e. The quantitative estimate of drug-likeness (QED) is 0.891. The summed E-state index contributed by atoms with van der Waals surface area (Å²) in [5, 5.41) is 3.02. The van der Waals surface area contributed by atoms with Crippen LogP contribution in [-0.2, 0) is 11.2 Å². The molecule has 19 heavy (non-hydrogen) atoms. The summed E-state index contributed by atoms with van der Waals surface area (Å²) >= 11 is 0. The number of aromatic nitrogens is 1. The van der Waals surface area contributed by atoms with Crippen molar-refractivity contribution in [2.24, 2.45) is 5.41 Å². The molecule has 4 nitrogen and oxygen atoms in total. The molecule has 1 aromatic heterocycles. The Morgan fingerprint density at radius 3 is 2.68 bits per heavy atom. The summed E-state index contributed by atoms with van der Waals surface area (Å²) in [6, 6.07) is 3.57. The van der Waals surface area contributed by atoms with E-state index in [2.05, 4.69) is 17.2 Å². The summed E-state index contributed by atoms with van der Waals surface area (Å²) in [5.74, 6) is 0.0420. The number of halogens is 1. The highest BCUT2D eigenvalue weighted by Crippen LogP contribution is 2.36. The second kappa shape index (κ2) is 6.75. The molecule has 0 spiro atoms. The van der Waals surface area contributed by atoms with Crippen LogP contribution >= 0.6 is 12.4 Å². The van der Waals surface area contributed by atoms with E-state index in [1.54, 1.807) is 18.3 Å². The normalized spacial score (nSPS) is 16.7. The summed E-state index contributed by atoms with van der Waals surface area (Å²) in [7, 11) is 0. The van der Waals surface area contributed by atoms with Gasteiger partial charge < -0.3 is 11.1 Å². The molecule has 1 saturated carbocycles. The predicted molar refractivity (Wildman–Crippen MR) is 79.2 cm³/mol. The van der Waals surface area contributed by atoms with Gasteiger partial charge in [0.15, 0.2) is 0 Å². The van der Waals surface area contributed by atoms with E-state index >= 15 is 0 Å². The average molecular weight is 284 g/mol. The van der Waals surface area contributed by atoms with E-state index in [1.165, 1.54) is 25.7 Å². The molecule has 2 rings (SSSR count). The number of nitrogen functional groups attached to an aromatic ring is 1. The molecular weight excluding hydrogens is 262 g/mol. The van der Waals surface area contributed by atoms with Gasteiger partial charge in [-0.3, -0.25) is 9.78 Å². The third kappa shape index (κ3) is 4.71. The van der Waals surface area contributed by atoms with Crippen LogP contribution in [0.3, 0.4) is 0 Å². The molecule has 0 aliphatic heterocycles. The Morgan fingerprint density at radius 1 is 1.42 bits per heavy atom. The lowest BCUT2D eigenvalue weighted by Gasteiger charge is -2.23. The summed E-state index contributed by atoms with van der Waals surface area (Å²) in [5.41, 5.74) is 7.23. The molecule has 1 fully saturated rings. The maximum absolute atomic E-state index is 11.8. The van der Waals surface area contributed by atoms with E-state index in [1.807, 2.05) is 0 Å². The molecule has 106 valence electrons. The van der Waals surface area contributed by atoms with E-state index in [4.69, 9.17) is 5.73 Å². The maximum Gasteiger partial charge on any atom is 0.226 e. The van der Waals surface area contributed by atoms with E-state index < -0.39 is 0 Å². The van der Waals surface area contributed by atoms with Gasteiger partial charge in [-0.1, -0.05) is 19.8 Å². The molecule has 1 aromatic rings. The molecule has 0 radical (unpaired) electrons. The number of carbonyl (C=O) groups excluding carboxylic acids is 1. The van der Waals surface area contributed by atoms with Crippen LogP contribution in [0.25, 0.3) is 0 Å². The number of rotatable bonds is 4. The molecule has 0 bridgehead atoms. The van der Waals surface area contributed by atoms with Crippen molar-refractivity contribution in [1.29, 1.82) is 0 Å². The van der Waals surface area contributed by atoms with Gasteiger partial charge in [0.25, 0.3) is 0 Å². The van der Waals surface area contributed by atoms with Gasteiger partial charge in [0.1, 0.15) is 0 Å². The topological polar surface area (TPSA) is 68.0 Å². The minimum atomic E-state index is 0. The van der Waals surface area contributed by atoms with Crippen LogP contribution in [0.4, 0.5) is 5.69 Å². The molecule has 1 amide bonds. The lowest BCUT2D eigenvalue weighted by Crippen LogP contribution is -2.35. The fraction of sp³-hybridized carbons (Fsp3) is 0.571. The Labute approximate surface area is 120 Å². The number of amides is 1. The Kier molecular flexibility index (Phi) is 5.60. The molecule has 0 saturated heterocycles. The van der Waals surface area contributed by atoms with Gasteiger partial charge in [-0.15, -0.1) is 12.4 Å². The fourth-order valence-corrected chi connectivity index (χ4v) is 2.48. The Hall–Kier alpha value is -1.29. The summed E-state index contributed by atoms with van der Waals surface area (Å²) in [4.78, 5) is 15.9. The monoisotopic (exact) mass is 283 g/mol. The first-order valence-corrected chi connectivity index (χ1v) is 6.55. The zero-order valence-electron chi connectivity index (χ0n) is 11.3. The highest BCUT2D eigenvalue weighted by atomic mass is 35.5. The number of pyridine rings is 1. The molecule has 0 atom stereocenters. The first-order chi connectivity index (χ1) is 8.57. The Bertz CT molecular complexity index is 413. The third-order valence-corrected chi connectivity index (χ3v) is 3.71. The van der Waals surface area contributed by atoms with Gasteiger partial charge in [0.2, 0.25) is 5.91 Å². The van der Waals surface area contributed by atoms with Crippen LogP contribution in [0, 0.1) is 5.41 Å². The zero-order valence-corrected chi connectivity index (χ0v) is 12.1. The lowest BCUT2D eigenvalue weighted by molar-refractivity contribution is -0.120. The molecular formula is C14H22ClN3O. The van der Waals surface area contributed by atoms with Crippen molar-refractivity contribution >= 4 is 24.0 Å². The van der Waals surface area contributed by atoms with Crippen molar-refractivity contribution in [3.05, 3.63) is 24.0 Å². The standard InChI is InChI=1S/C14H21N3O.ClH/c1-14(6-2-3-7-14)10-17-13(18)8-12-5-4-11(15)9-16-12;/h4-5,9H,2-3,6-8,10,15H2,1H3,(H,17,18);1H. The highest BCUT2D eigenvalue weighted by Gasteiger charge is 2.28. The van der Waals surface area contributed by atoms with Crippen LogP contribution in [-0.4, -0.2) is 17.4 Å². The highest BCUT2D eigenvalue weighted by molar-refractivity contribution is 5.85. The first kappa shape index (κ1) is 15.8. The molecule has 1 heterocycles. The first-order valence-electron chi connectivity index (χ1n) is 6.55. The molecule has 5 heteroatoms. The van der Waals surface area contributed by atoms with Crippen molar-refractivity contribution in [2.75, 3.05) is 12.3 Å². The second-order valence-electron chi connectivity index (χ2n) is 5.55. The van der Waals surface area contributed by atoms with Gasteiger partial charge in [-0.05, 0) is 30.4 Å². The number of hydrogen-bond donors (Lipinski definition) is 2. The SMILES string of the molecule is CC1(CNC(=O)Cc2ccc(N)cn2)CCCC1.Cl. The molecule has 1 aliphatic carbocycles. The molecule has 0 aromatic carbocycles. The number of anilines is 1. The van der Waals surface area contributed by atoms with E-state index in [0.29, 0.717) is 17.5 Å². The number of carbonyl (C=O) groups is 1. The van der Waals surface area contributed by atoms with E-state index in [-0.39, 0.29) is 18.3 Å². The van der Waals surface area contributed by atoms with Gasteiger partial charge in [0, 0.05) is 12.2 Å². The lowest BCUT2D eigenvalue weighted by atomic mass is 9.89. The number of nitrogens with one attached hydrogen (secondary N) is 1. The minimum absolute atomic E-state index is 0. The maximum atomic E-state index is 11.8. The van der Waals surface area contributed by atoms with Crippen LogP contribution in [0.5, 0.6) is 0 Å². The summed E-state index contributed by atoms with van der Waals surface area (Å²) in [6.07, 6.45) is 6.91.